The molecule has 0 saturated heterocycles. The minimum Gasteiger partial charge on any atom is -0.492 e. The topological polar surface area (TPSA) is 54.5 Å². The molecule has 5 nitrogen and oxygen atoms in total. The average Bonchev–Trinajstić information content (AvgIpc) is 3.62. The van der Waals surface area contributed by atoms with Crippen molar-refractivity contribution in [1.29, 1.82) is 0 Å². The normalized spacial score (nSPS) is 16.3. The summed E-state index contributed by atoms with van der Waals surface area (Å²) in [5, 5.41) is 3.43. The fraction of sp³-hybridized carbons (Fsp3) is 0.556. The predicted molar refractivity (Wildman–Crippen MR) is 129 cm³/mol. The van der Waals surface area contributed by atoms with Crippen LogP contribution < -0.4 is 10.1 Å². The molecule has 1 fully saturated rings. The third kappa shape index (κ3) is 6.32. The molecule has 0 unspecified atom stereocenters. The van der Waals surface area contributed by atoms with E-state index in [4.69, 9.17) is 9.72 Å². The van der Waals surface area contributed by atoms with Crippen molar-refractivity contribution < 1.29 is 9.53 Å². The standard InChI is InChI=1S/C27H37N3O2/c1-22(31)27(14-15-27)16-19-30(20-21-32-25-10-3-2-4-11-25)18-6-5-9-24-13-12-23-8-7-17-28-26(23)29-24/h2-4,10-13H,5-9,14-21H2,1H3,(H,28,29). The highest BCUT2D eigenvalue weighted by Gasteiger charge is 2.46. The predicted octanol–water partition coefficient (Wildman–Crippen LogP) is 4.90. The number of anilines is 1. The fourth-order valence-corrected chi connectivity index (χ4v) is 4.60. The minimum atomic E-state index is -0.0292. The Hall–Kier alpha value is -2.40. The summed E-state index contributed by atoms with van der Waals surface area (Å²) in [6.45, 7) is 6.37. The number of aromatic nitrogens is 1. The lowest BCUT2D eigenvalue weighted by molar-refractivity contribution is -0.122. The molecule has 1 aliphatic heterocycles. The van der Waals surface area contributed by atoms with Crippen LogP contribution in [0.2, 0.25) is 0 Å². The quantitative estimate of drug-likeness (QED) is 0.454. The van der Waals surface area contributed by atoms with E-state index in [1.165, 1.54) is 17.7 Å². The summed E-state index contributed by atoms with van der Waals surface area (Å²) in [4.78, 5) is 19.3. The Balaban J connectivity index is 1.23. The van der Waals surface area contributed by atoms with E-state index in [9.17, 15) is 4.79 Å². The number of nitrogens with zero attached hydrogens (tertiary/aromatic N) is 2. The van der Waals surface area contributed by atoms with Crippen molar-refractivity contribution >= 4 is 11.6 Å². The van der Waals surface area contributed by atoms with Crippen molar-refractivity contribution in [3.63, 3.8) is 0 Å². The molecule has 2 heterocycles. The van der Waals surface area contributed by atoms with Gasteiger partial charge in [-0.3, -0.25) is 9.69 Å². The van der Waals surface area contributed by atoms with E-state index in [2.05, 4.69) is 22.3 Å². The first kappa shape index (κ1) is 22.8. The lowest BCUT2D eigenvalue weighted by atomic mass is 9.97. The van der Waals surface area contributed by atoms with Crippen LogP contribution in [0.5, 0.6) is 5.75 Å². The molecule has 32 heavy (non-hydrogen) atoms. The number of hydrogen-bond donors (Lipinski definition) is 1. The zero-order valence-electron chi connectivity index (χ0n) is 19.4. The van der Waals surface area contributed by atoms with Gasteiger partial charge in [0.15, 0.2) is 0 Å². The molecule has 172 valence electrons. The number of unbranched alkanes of at least 4 members (excludes halogenated alkanes) is 1. The van der Waals surface area contributed by atoms with Crippen LogP contribution in [0, 0.1) is 5.41 Å². The molecule has 1 saturated carbocycles. The van der Waals surface area contributed by atoms with Crippen LogP contribution in [-0.2, 0) is 17.6 Å². The Kier molecular flexibility index (Phi) is 7.80. The van der Waals surface area contributed by atoms with Crippen molar-refractivity contribution in [2.75, 3.05) is 38.1 Å². The highest BCUT2D eigenvalue weighted by atomic mass is 16.5. The second kappa shape index (κ2) is 11.0. The number of ether oxygens (including phenoxy) is 1. The summed E-state index contributed by atoms with van der Waals surface area (Å²) < 4.78 is 5.93. The summed E-state index contributed by atoms with van der Waals surface area (Å²) in [6.07, 6.45) is 8.71. The molecule has 4 rings (SSSR count). The molecular formula is C27H37N3O2. The lowest BCUT2D eigenvalue weighted by Crippen LogP contribution is -2.33. The first-order valence-electron chi connectivity index (χ1n) is 12.3. The van der Waals surface area contributed by atoms with Crippen LogP contribution in [0.4, 0.5) is 5.82 Å². The second-order valence-corrected chi connectivity index (χ2v) is 9.39. The van der Waals surface area contributed by atoms with E-state index in [1.807, 2.05) is 30.3 Å². The number of hydrogen-bond acceptors (Lipinski definition) is 5. The lowest BCUT2D eigenvalue weighted by Gasteiger charge is -2.24. The fourth-order valence-electron chi connectivity index (χ4n) is 4.60. The molecule has 1 N–H and O–H groups in total. The Bertz CT molecular complexity index is 880. The van der Waals surface area contributed by atoms with Crippen molar-refractivity contribution in [2.24, 2.45) is 5.41 Å². The molecule has 0 bridgehead atoms. The third-order valence-electron chi connectivity index (χ3n) is 7.04. The number of carbonyl (C=O) groups excluding carboxylic acids is 1. The largest absolute Gasteiger partial charge is 0.492 e. The van der Waals surface area contributed by atoms with E-state index in [1.54, 1.807) is 6.92 Å². The Morgan fingerprint density at radius 3 is 2.72 bits per heavy atom. The van der Waals surface area contributed by atoms with Crippen LogP contribution in [0.25, 0.3) is 0 Å². The van der Waals surface area contributed by atoms with Crippen LogP contribution in [-0.4, -0.2) is 48.5 Å². The number of nitrogens with one attached hydrogen (secondary N) is 1. The average molecular weight is 436 g/mol. The first-order valence-corrected chi connectivity index (χ1v) is 12.3. The van der Waals surface area contributed by atoms with E-state index in [-0.39, 0.29) is 5.41 Å². The number of pyridine rings is 1. The first-order chi connectivity index (χ1) is 15.6. The van der Waals surface area contributed by atoms with Gasteiger partial charge >= 0.3 is 0 Å². The summed E-state index contributed by atoms with van der Waals surface area (Å²) in [6, 6.07) is 14.4. The maximum Gasteiger partial charge on any atom is 0.136 e. The van der Waals surface area contributed by atoms with Gasteiger partial charge in [0.1, 0.15) is 24.0 Å². The van der Waals surface area contributed by atoms with Crippen LogP contribution in [0.15, 0.2) is 42.5 Å². The number of aryl methyl sites for hydroxylation is 2. The van der Waals surface area contributed by atoms with Gasteiger partial charge in [-0.2, -0.15) is 0 Å². The van der Waals surface area contributed by atoms with Gasteiger partial charge in [0.05, 0.1) is 0 Å². The molecule has 2 aliphatic rings. The smallest absolute Gasteiger partial charge is 0.136 e. The molecule has 5 heteroatoms. The second-order valence-electron chi connectivity index (χ2n) is 9.39. The van der Waals surface area contributed by atoms with Crippen molar-refractivity contribution in [1.82, 2.24) is 9.88 Å². The third-order valence-corrected chi connectivity index (χ3v) is 7.04. The molecule has 0 atom stereocenters. The molecule has 1 aromatic carbocycles. The van der Waals surface area contributed by atoms with Crippen LogP contribution in [0.1, 0.15) is 56.7 Å². The van der Waals surface area contributed by atoms with Crippen LogP contribution in [0.3, 0.4) is 0 Å². The number of benzene rings is 1. The summed E-state index contributed by atoms with van der Waals surface area (Å²) in [5.74, 6) is 2.37. The van der Waals surface area contributed by atoms with Crippen molar-refractivity contribution in [3.05, 3.63) is 53.7 Å². The maximum atomic E-state index is 12.0. The molecule has 0 amide bonds. The van der Waals surface area contributed by atoms with Crippen molar-refractivity contribution in [2.45, 2.75) is 58.3 Å². The molecule has 0 radical (unpaired) electrons. The van der Waals surface area contributed by atoms with Gasteiger partial charge in [0.2, 0.25) is 0 Å². The molecule has 1 aliphatic carbocycles. The zero-order valence-corrected chi connectivity index (χ0v) is 19.4. The molecule has 2 aromatic rings. The van der Waals surface area contributed by atoms with Gasteiger partial charge in [-0.25, -0.2) is 4.98 Å². The molecule has 1 aromatic heterocycles. The number of rotatable bonds is 13. The highest BCUT2D eigenvalue weighted by molar-refractivity contribution is 5.84. The highest BCUT2D eigenvalue weighted by Crippen LogP contribution is 2.49. The Morgan fingerprint density at radius 2 is 1.94 bits per heavy atom. The number of carbonyl (C=O) groups is 1. The number of ketones is 1. The number of Topliss-reactive ketones (excluding diaryl/α,β-unsaturated/α-hetero) is 1. The Morgan fingerprint density at radius 1 is 1.09 bits per heavy atom. The minimum absolute atomic E-state index is 0.0292. The zero-order chi connectivity index (χ0) is 22.2. The summed E-state index contributed by atoms with van der Waals surface area (Å²) >= 11 is 0. The SMILES string of the molecule is CC(=O)C1(CCN(CCCCc2ccc3c(n2)NCCC3)CCOc2ccccc2)CC1. The van der Waals surface area contributed by atoms with E-state index < -0.39 is 0 Å². The Labute approximate surface area is 192 Å². The monoisotopic (exact) mass is 435 g/mol. The summed E-state index contributed by atoms with van der Waals surface area (Å²) in [7, 11) is 0. The van der Waals surface area contributed by atoms with Gasteiger partial charge in [-0.15, -0.1) is 0 Å². The van der Waals surface area contributed by atoms with Gasteiger partial charge in [0.25, 0.3) is 0 Å². The molecular weight excluding hydrogens is 398 g/mol. The van der Waals surface area contributed by atoms with Gasteiger partial charge in [0, 0.05) is 24.2 Å². The van der Waals surface area contributed by atoms with Gasteiger partial charge < -0.3 is 10.1 Å². The van der Waals surface area contributed by atoms with E-state index in [0.717, 1.165) is 82.7 Å². The molecule has 0 spiro atoms. The van der Waals surface area contributed by atoms with Gasteiger partial charge in [-0.1, -0.05) is 24.3 Å². The number of para-hydroxylation sites is 1. The van der Waals surface area contributed by atoms with Crippen LogP contribution >= 0.6 is 0 Å². The number of fused-ring (bicyclic) bond motifs is 1. The van der Waals surface area contributed by atoms with Gasteiger partial charge in [-0.05, 0) is 95.1 Å². The van der Waals surface area contributed by atoms with Crippen molar-refractivity contribution in [3.8, 4) is 5.75 Å². The summed E-state index contributed by atoms with van der Waals surface area (Å²) in [5.41, 5.74) is 2.51. The maximum absolute atomic E-state index is 12.0. The van der Waals surface area contributed by atoms with E-state index in [0.29, 0.717) is 12.4 Å². The van der Waals surface area contributed by atoms with E-state index >= 15 is 0 Å².